The van der Waals surface area contributed by atoms with Crippen LogP contribution in [0.2, 0.25) is 0 Å². The Bertz CT molecular complexity index is 877. The van der Waals surface area contributed by atoms with E-state index in [2.05, 4.69) is 0 Å². The van der Waals surface area contributed by atoms with E-state index in [-0.39, 0.29) is 41.8 Å². The first-order valence-electron chi connectivity index (χ1n) is 9.22. The highest BCUT2D eigenvalue weighted by atomic mass is 32.2. The predicted octanol–water partition coefficient (Wildman–Crippen LogP) is 0.912. The Morgan fingerprint density at radius 3 is 2.36 bits per heavy atom. The number of carbonyl (C=O) groups is 3. The molecule has 0 aromatic heterocycles. The van der Waals surface area contributed by atoms with Gasteiger partial charge in [-0.15, -0.1) is 0 Å². The van der Waals surface area contributed by atoms with Crippen LogP contribution in [0.25, 0.3) is 0 Å². The van der Waals surface area contributed by atoms with Gasteiger partial charge in [0.1, 0.15) is 4.90 Å². The molecule has 0 atom stereocenters. The first-order chi connectivity index (χ1) is 13.4. The van der Waals surface area contributed by atoms with Gasteiger partial charge >= 0.3 is 6.09 Å². The molecule has 0 bridgehead atoms. The molecule has 1 aromatic rings. The zero-order chi connectivity index (χ0) is 20.3. The summed E-state index contributed by atoms with van der Waals surface area (Å²) in [5, 5.41) is 0. The quantitative estimate of drug-likeness (QED) is 0.716. The molecular weight excluding hydrogens is 386 g/mol. The van der Waals surface area contributed by atoms with Crippen molar-refractivity contribution < 1.29 is 27.5 Å². The number of hydrogen-bond acceptors (Lipinski definition) is 6. The molecule has 3 amide bonds. The summed E-state index contributed by atoms with van der Waals surface area (Å²) in [7, 11) is -3.84. The summed E-state index contributed by atoms with van der Waals surface area (Å²) < 4.78 is 30.8. The Labute approximate surface area is 163 Å². The highest BCUT2D eigenvalue weighted by Crippen LogP contribution is 2.30. The van der Waals surface area contributed by atoms with E-state index in [1.54, 1.807) is 28.9 Å². The molecule has 152 valence electrons. The Kier molecular flexibility index (Phi) is 5.87. The fourth-order valence-electron chi connectivity index (χ4n) is 3.34. The van der Waals surface area contributed by atoms with Crippen LogP contribution in [-0.2, 0) is 19.6 Å². The largest absolute Gasteiger partial charge is 0.450 e. The van der Waals surface area contributed by atoms with Gasteiger partial charge < -0.3 is 14.5 Å². The molecule has 0 spiro atoms. The topological polar surface area (TPSA) is 104 Å². The third kappa shape index (κ3) is 3.82. The van der Waals surface area contributed by atoms with Crippen LogP contribution in [0.3, 0.4) is 0 Å². The maximum atomic E-state index is 12.5. The molecule has 9 nitrogen and oxygen atoms in total. The fourth-order valence-corrected chi connectivity index (χ4v) is 4.94. The number of sulfonamides is 1. The van der Waals surface area contributed by atoms with Gasteiger partial charge in [0.05, 0.1) is 12.2 Å². The van der Waals surface area contributed by atoms with E-state index >= 15 is 0 Å². The summed E-state index contributed by atoms with van der Waals surface area (Å²) in [5.74, 6) is -0.670. The van der Waals surface area contributed by atoms with Crippen LogP contribution in [0, 0.1) is 0 Å². The second kappa shape index (κ2) is 8.17. The lowest BCUT2D eigenvalue weighted by atomic mass is 10.2. The number of carbonyl (C=O) groups excluding carboxylic acids is 3. The number of piperazine rings is 1. The maximum Gasteiger partial charge on any atom is 0.409 e. The lowest BCUT2D eigenvalue weighted by Crippen LogP contribution is -2.50. The SMILES string of the molecule is CCOC(=O)N1CCN(C(=O)CCCN2C(=O)c3ccccc3S2(=O)=O)CC1. The molecular formula is C18H23N3O6S. The van der Waals surface area contributed by atoms with Crippen LogP contribution in [0.5, 0.6) is 0 Å². The molecule has 2 aliphatic heterocycles. The van der Waals surface area contributed by atoms with Crippen molar-refractivity contribution in [3.8, 4) is 0 Å². The zero-order valence-electron chi connectivity index (χ0n) is 15.7. The molecule has 3 rings (SSSR count). The van der Waals surface area contributed by atoms with E-state index in [0.29, 0.717) is 32.8 Å². The normalized spacial score (nSPS) is 18.2. The molecule has 2 heterocycles. The molecule has 0 saturated carbocycles. The zero-order valence-corrected chi connectivity index (χ0v) is 16.5. The van der Waals surface area contributed by atoms with E-state index in [1.807, 2.05) is 0 Å². The molecule has 28 heavy (non-hydrogen) atoms. The Hall–Kier alpha value is -2.62. The number of hydrogen-bond donors (Lipinski definition) is 0. The smallest absolute Gasteiger partial charge is 0.409 e. The lowest BCUT2D eigenvalue weighted by molar-refractivity contribution is -0.132. The first kappa shape index (κ1) is 20.1. The van der Waals surface area contributed by atoms with Gasteiger partial charge in [-0.25, -0.2) is 17.5 Å². The average Bonchev–Trinajstić information content (AvgIpc) is 2.89. The first-order valence-corrected chi connectivity index (χ1v) is 10.7. The average molecular weight is 409 g/mol. The van der Waals surface area contributed by atoms with Crippen LogP contribution >= 0.6 is 0 Å². The lowest BCUT2D eigenvalue weighted by Gasteiger charge is -2.34. The third-order valence-corrected chi connectivity index (χ3v) is 6.66. The molecule has 1 fully saturated rings. The summed E-state index contributed by atoms with van der Waals surface area (Å²) in [6, 6.07) is 6.10. The van der Waals surface area contributed by atoms with Crippen LogP contribution < -0.4 is 0 Å². The third-order valence-electron chi connectivity index (χ3n) is 4.82. The van der Waals surface area contributed by atoms with Gasteiger partial charge in [-0.2, -0.15) is 0 Å². The summed E-state index contributed by atoms with van der Waals surface area (Å²) in [6.07, 6.45) is -0.00259. The molecule has 0 radical (unpaired) electrons. The van der Waals surface area contributed by atoms with Crippen molar-refractivity contribution in [3.05, 3.63) is 29.8 Å². The standard InChI is InChI=1S/C18H23N3O6S/c1-2-27-18(24)20-12-10-19(11-13-20)16(22)8-5-9-21-17(23)14-6-3-4-7-15(14)28(21,25)26/h3-4,6-7H,2,5,8-13H2,1H3. The molecule has 0 aliphatic carbocycles. The van der Waals surface area contributed by atoms with Crippen molar-refractivity contribution in [1.29, 1.82) is 0 Å². The van der Waals surface area contributed by atoms with Crippen molar-refractivity contribution >= 4 is 27.9 Å². The van der Waals surface area contributed by atoms with Crippen LogP contribution in [-0.4, -0.2) is 79.8 Å². The molecule has 0 N–H and O–H groups in total. The van der Waals surface area contributed by atoms with Gasteiger partial charge in [0.25, 0.3) is 15.9 Å². The minimum Gasteiger partial charge on any atom is -0.450 e. The van der Waals surface area contributed by atoms with Gasteiger partial charge in [0.15, 0.2) is 0 Å². The Balaban J connectivity index is 1.49. The Morgan fingerprint density at radius 2 is 1.71 bits per heavy atom. The van der Waals surface area contributed by atoms with Gasteiger partial charge in [-0.05, 0) is 25.5 Å². The van der Waals surface area contributed by atoms with E-state index in [9.17, 15) is 22.8 Å². The second-order valence-corrected chi connectivity index (χ2v) is 8.38. The van der Waals surface area contributed by atoms with Crippen molar-refractivity contribution in [2.45, 2.75) is 24.7 Å². The number of nitrogens with zero attached hydrogens (tertiary/aromatic N) is 3. The maximum absolute atomic E-state index is 12.5. The number of amides is 3. The van der Waals surface area contributed by atoms with E-state index in [0.717, 1.165) is 4.31 Å². The van der Waals surface area contributed by atoms with E-state index < -0.39 is 15.9 Å². The van der Waals surface area contributed by atoms with Crippen molar-refractivity contribution in [1.82, 2.24) is 14.1 Å². The minimum absolute atomic E-state index is 0.0152. The van der Waals surface area contributed by atoms with E-state index in [4.69, 9.17) is 4.74 Å². The van der Waals surface area contributed by atoms with Crippen molar-refractivity contribution in [3.63, 3.8) is 0 Å². The van der Waals surface area contributed by atoms with Gasteiger partial charge in [0, 0.05) is 39.1 Å². The highest BCUT2D eigenvalue weighted by Gasteiger charge is 2.40. The van der Waals surface area contributed by atoms with E-state index in [1.165, 1.54) is 12.1 Å². The highest BCUT2D eigenvalue weighted by molar-refractivity contribution is 7.90. The minimum atomic E-state index is -3.84. The second-order valence-electron chi connectivity index (χ2n) is 6.55. The molecule has 2 aliphatic rings. The Morgan fingerprint density at radius 1 is 1.07 bits per heavy atom. The summed E-state index contributed by atoms with van der Waals surface area (Å²) in [6.45, 7) is 3.62. The van der Waals surface area contributed by atoms with Crippen LogP contribution in [0.4, 0.5) is 4.79 Å². The van der Waals surface area contributed by atoms with Gasteiger partial charge in [0.2, 0.25) is 5.91 Å². The number of ether oxygens (including phenoxy) is 1. The number of benzene rings is 1. The summed E-state index contributed by atoms with van der Waals surface area (Å²) >= 11 is 0. The van der Waals surface area contributed by atoms with Gasteiger partial charge in [-0.3, -0.25) is 9.59 Å². The number of fused-ring (bicyclic) bond motifs is 1. The monoisotopic (exact) mass is 409 g/mol. The molecule has 1 saturated heterocycles. The van der Waals surface area contributed by atoms with Crippen molar-refractivity contribution in [2.24, 2.45) is 0 Å². The van der Waals surface area contributed by atoms with Crippen LogP contribution in [0.1, 0.15) is 30.1 Å². The molecule has 10 heteroatoms. The molecule has 1 aromatic carbocycles. The fraction of sp³-hybridized carbons (Fsp3) is 0.500. The number of rotatable bonds is 5. The summed E-state index contributed by atoms with van der Waals surface area (Å²) in [4.78, 5) is 39.6. The predicted molar refractivity (Wildman–Crippen MR) is 99.1 cm³/mol. The van der Waals surface area contributed by atoms with Crippen LogP contribution in [0.15, 0.2) is 29.2 Å². The van der Waals surface area contributed by atoms with Gasteiger partial charge in [-0.1, -0.05) is 12.1 Å². The molecule has 0 unspecified atom stereocenters. The summed E-state index contributed by atoms with van der Waals surface area (Å²) in [5.41, 5.74) is 0.170. The van der Waals surface area contributed by atoms with Crippen molar-refractivity contribution in [2.75, 3.05) is 39.3 Å².